The van der Waals surface area contributed by atoms with E-state index < -0.39 is 4.92 Å². The van der Waals surface area contributed by atoms with E-state index >= 15 is 0 Å². The number of non-ortho nitro benzene ring substituents is 1. The van der Waals surface area contributed by atoms with Gasteiger partial charge in [-0.15, -0.1) is 0 Å². The number of rotatable bonds is 4. The molecule has 6 heteroatoms. The molecule has 0 unspecified atom stereocenters. The average molecular weight is 193 g/mol. The highest BCUT2D eigenvalue weighted by Crippen LogP contribution is 2.10. The summed E-state index contributed by atoms with van der Waals surface area (Å²) < 4.78 is 0. The van der Waals surface area contributed by atoms with Gasteiger partial charge >= 0.3 is 0 Å². The molecule has 1 N–H and O–H groups in total. The quantitative estimate of drug-likeness (QED) is 0.330. The molecule has 1 aromatic rings. The fourth-order valence-electron chi connectivity index (χ4n) is 0.824. The van der Waals surface area contributed by atoms with Crippen LogP contribution in [0.15, 0.2) is 29.4 Å². The second-order valence-electron chi connectivity index (χ2n) is 2.35. The van der Waals surface area contributed by atoms with Gasteiger partial charge in [0, 0.05) is 12.1 Å². The van der Waals surface area contributed by atoms with Crippen molar-refractivity contribution >= 4 is 18.3 Å². The molecule has 1 amide bonds. The number of nitrogens with one attached hydrogen (secondary N) is 1. The standard InChI is InChI=1S/C8H7N3O3/c12-6-10-9-5-7-1-3-8(4-2-7)11(13)14/h1-6H,(H,10,12). The summed E-state index contributed by atoms with van der Waals surface area (Å²) in [6, 6.07) is 5.80. The van der Waals surface area contributed by atoms with Gasteiger partial charge in [0.2, 0.25) is 6.41 Å². The summed E-state index contributed by atoms with van der Waals surface area (Å²) in [7, 11) is 0. The molecule has 0 saturated heterocycles. The lowest BCUT2D eigenvalue weighted by Crippen LogP contribution is -2.00. The van der Waals surface area contributed by atoms with Gasteiger partial charge in [-0.05, 0) is 17.7 Å². The molecule has 0 aromatic heterocycles. The lowest BCUT2D eigenvalue weighted by Gasteiger charge is -1.92. The Balaban J connectivity index is 2.73. The summed E-state index contributed by atoms with van der Waals surface area (Å²) in [5, 5.41) is 13.8. The third kappa shape index (κ3) is 2.67. The molecule has 0 aliphatic heterocycles. The van der Waals surface area contributed by atoms with Crippen molar-refractivity contribution in [3.63, 3.8) is 0 Å². The first kappa shape index (κ1) is 9.85. The number of hydrogen-bond acceptors (Lipinski definition) is 4. The summed E-state index contributed by atoms with van der Waals surface area (Å²) in [6.45, 7) is 0. The fourth-order valence-corrected chi connectivity index (χ4v) is 0.824. The Kier molecular flexibility index (Phi) is 3.31. The summed E-state index contributed by atoms with van der Waals surface area (Å²) in [6.07, 6.45) is 1.82. The van der Waals surface area contributed by atoms with Crippen molar-refractivity contribution in [2.24, 2.45) is 5.10 Å². The zero-order valence-corrected chi connectivity index (χ0v) is 7.08. The predicted octanol–water partition coefficient (Wildman–Crippen LogP) is 0.675. The van der Waals surface area contributed by atoms with Crippen molar-refractivity contribution < 1.29 is 9.72 Å². The van der Waals surface area contributed by atoms with Crippen molar-refractivity contribution in [1.82, 2.24) is 5.43 Å². The number of hydrogen-bond donors (Lipinski definition) is 1. The zero-order valence-electron chi connectivity index (χ0n) is 7.08. The van der Waals surface area contributed by atoms with E-state index in [2.05, 4.69) is 10.5 Å². The minimum atomic E-state index is -0.482. The van der Waals surface area contributed by atoms with E-state index in [0.29, 0.717) is 12.0 Å². The van der Waals surface area contributed by atoms with Gasteiger partial charge in [0.05, 0.1) is 11.1 Å². The second kappa shape index (κ2) is 4.70. The van der Waals surface area contributed by atoms with Gasteiger partial charge in [0.1, 0.15) is 0 Å². The molecule has 0 aliphatic carbocycles. The number of carbonyl (C=O) groups is 1. The molecule has 1 rings (SSSR count). The molecule has 0 fully saturated rings. The first-order valence-corrected chi connectivity index (χ1v) is 3.70. The molecule has 0 spiro atoms. The largest absolute Gasteiger partial charge is 0.277 e. The summed E-state index contributed by atoms with van der Waals surface area (Å²) in [5.74, 6) is 0. The number of nitro benzene ring substituents is 1. The van der Waals surface area contributed by atoms with E-state index in [-0.39, 0.29) is 5.69 Å². The normalized spacial score (nSPS) is 10.0. The molecule has 0 heterocycles. The molecule has 0 radical (unpaired) electrons. The number of hydrazone groups is 1. The van der Waals surface area contributed by atoms with E-state index in [1.165, 1.54) is 30.5 Å². The van der Waals surface area contributed by atoms with Gasteiger partial charge in [0.25, 0.3) is 5.69 Å². The lowest BCUT2D eigenvalue weighted by molar-refractivity contribution is -0.384. The van der Waals surface area contributed by atoms with Crippen molar-refractivity contribution in [2.45, 2.75) is 0 Å². The Morgan fingerprint density at radius 2 is 2.00 bits per heavy atom. The maximum atomic E-state index is 10.3. The Labute approximate surface area is 79.4 Å². The van der Waals surface area contributed by atoms with E-state index in [1.54, 1.807) is 0 Å². The Hall–Kier alpha value is -2.24. The van der Waals surface area contributed by atoms with Crippen LogP contribution in [0.25, 0.3) is 0 Å². The number of carbonyl (C=O) groups excluding carboxylic acids is 1. The maximum Gasteiger partial charge on any atom is 0.269 e. The van der Waals surface area contributed by atoms with Crippen molar-refractivity contribution in [3.8, 4) is 0 Å². The molecule has 14 heavy (non-hydrogen) atoms. The van der Waals surface area contributed by atoms with Crippen molar-refractivity contribution in [1.29, 1.82) is 0 Å². The molecular formula is C8H7N3O3. The lowest BCUT2D eigenvalue weighted by atomic mass is 10.2. The molecule has 6 nitrogen and oxygen atoms in total. The van der Waals surface area contributed by atoms with Crippen molar-refractivity contribution in [2.75, 3.05) is 0 Å². The Morgan fingerprint density at radius 3 is 2.50 bits per heavy atom. The predicted molar refractivity (Wildman–Crippen MR) is 49.9 cm³/mol. The first-order chi connectivity index (χ1) is 6.74. The topological polar surface area (TPSA) is 84.6 Å². The third-order valence-corrected chi connectivity index (χ3v) is 1.44. The highest BCUT2D eigenvalue weighted by molar-refractivity contribution is 5.80. The number of nitro groups is 1. The van der Waals surface area contributed by atoms with E-state index in [0.717, 1.165) is 0 Å². The molecule has 0 saturated carbocycles. The number of benzene rings is 1. The van der Waals surface area contributed by atoms with Crippen LogP contribution in [0.1, 0.15) is 5.56 Å². The minimum absolute atomic E-state index is 0.0190. The summed E-state index contributed by atoms with van der Waals surface area (Å²) in [5.41, 5.74) is 2.78. The Morgan fingerprint density at radius 1 is 1.36 bits per heavy atom. The van der Waals surface area contributed by atoms with Crippen LogP contribution in [0.3, 0.4) is 0 Å². The van der Waals surface area contributed by atoms with Crippen LogP contribution in [0, 0.1) is 10.1 Å². The van der Waals surface area contributed by atoms with E-state index in [4.69, 9.17) is 0 Å². The van der Waals surface area contributed by atoms with Crippen LogP contribution in [-0.2, 0) is 4.79 Å². The SMILES string of the molecule is O=CNN=Cc1ccc([N+](=O)[O-])cc1. The van der Waals surface area contributed by atoms with Crippen LogP contribution in [0.5, 0.6) is 0 Å². The van der Waals surface area contributed by atoms with Gasteiger partial charge in [-0.3, -0.25) is 14.9 Å². The van der Waals surface area contributed by atoms with Gasteiger partial charge < -0.3 is 0 Å². The second-order valence-corrected chi connectivity index (χ2v) is 2.35. The minimum Gasteiger partial charge on any atom is -0.277 e. The first-order valence-electron chi connectivity index (χ1n) is 3.70. The maximum absolute atomic E-state index is 10.3. The third-order valence-electron chi connectivity index (χ3n) is 1.44. The summed E-state index contributed by atoms with van der Waals surface area (Å²) in [4.78, 5) is 19.6. The molecule has 1 aromatic carbocycles. The smallest absolute Gasteiger partial charge is 0.269 e. The molecular weight excluding hydrogens is 186 g/mol. The molecule has 72 valence electrons. The van der Waals surface area contributed by atoms with Crippen LogP contribution >= 0.6 is 0 Å². The molecule has 0 aliphatic rings. The van der Waals surface area contributed by atoms with Crippen LogP contribution in [0.2, 0.25) is 0 Å². The van der Waals surface area contributed by atoms with Crippen LogP contribution < -0.4 is 5.43 Å². The van der Waals surface area contributed by atoms with E-state index in [1.807, 2.05) is 0 Å². The van der Waals surface area contributed by atoms with Gasteiger partial charge in [0.15, 0.2) is 0 Å². The Bertz CT molecular complexity index is 359. The number of amides is 1. The fraction of sp³-hybridized carbons (Fsp3) is 0. The highest BCUT2D eigenvalue weighted by Gasteiger charge is 2.01. The molecule has 0 atom stereocenters. The molecule has 0 bridgehead atoms. The van der Waals surface area contributed by atoms with Gasteiger partial charge in [-0.2, -0.15) is 5.10 Å². The zero-order chi connectivity index (χ0) is 10.4. The van der Waals surface area contributed by atoms with Crippen LogP contribution in [-0.4, -0.2) is 17.5 Å². The van der Waals surface area contributed by atoms with Crippen molar-refractivity contribution in [3.05, 3.63) is 39.9 Å². The monoisotopic (exact) mass is 193 g/mol. The van der Waals surface area contributed by atoms with Crippen LogP contribution in [0.4, 0.5) is 5.69 Å². The highest BCUT2D eigenvalue weighted by atomic mass is 16.6. The van der Waals surface area contributed by atoms with E-state index in [9.17, 15) is 14.9 Å². The number of nitrogens with zero attached hydrogens (tertiary/aromatic N) is 2. The average Bonchev–Trinajstić information content (AvgIpc) is 2.19. The van der Waals surface area contributed by atoms with Gasteiger partial charge in [-0.25, -0.2) is 5.43 Å². The summed E-state index contributed by atoms with van der Waals surface area (Å²) >= 11 is 0. The van der Waals surface area contributed by atoms with Gasteiger partial charge in [-0.1, -0.05) is 0 Å².